The van der Waals surface area contributed by atoms with Gasteiger partial charge in [0.1, 0.15) is 5.82 Å². The van der Waals surface area contributed by atoms with Crippen LogP contribution in [-0.2, 0) is 11.4 Å². The van der Waals surface area contributed by atoms with Crippen molar-refractivity contribution in [3.8, 4) is 0 Å². The van der Waals surface area contributed by atoms with E-state index in [0.717, 1.165) is 5.56 Å². The van der Waals surface area contributed by atoms with Gasteiger partial charge in [-0.2, -0.15) is 5.48 Å². The Balaban J connectivity index is 2.53. The molecule has 2 nitrogen and oxygen atoms in total. The van der Waals surface area contributed by atoms with Crippen molar-refractivity contribution < 1.29 is 9.23 Å². The smallest absolute Gasteiger partial charge is 0.126 e. The van der Waals surface area contributed by atoms with Crippen molar-refractivity contribution >= 4 is 0 Å². The zero-order valence-corrected chi connectivity index (χ0v) is 7.93. The molecular formula is C10H14FNO. The van der Waals surface area contributed by atoms with Crippen LogP contribution in [0.3, 0.4) is 0 Å². The first-order chi connectivity index (χ1) is 6.24. The van der Waals surface area contributed by atoms with E-state index >= 15 is 0 Å². The van der Waals surface area contributed by atoms with E-state index in [-0.39, 0.29) is 5.82 Å². The molecule has 0 aliphatic carbocycles. The number of aryl methyl sites for hydroxylation is 1. The molecule has 0 saturated carbocycles. The van der Waals surface area contributed by atoms with Gasteiger partial charge in [-0.1, -0.05) is 12.1 Å². The van der Waals surface area contributed by atoms with Crippen LogP contribution in [-0.4, -0.2) is 6.61 Å². The lowest BCUT2D eigenvalue weighted by molar-refractivity contribution is 0.0463. The monoisotopic (exact) mass is 183 g/mol. The van der Waals surface area contributed by atoms with Crippen LogP contribution in [0, 0.1) is 12.7 Å². The van der Waals surface area contributed by atoms with Gasteiger partial charge in [-0.25, -0.2) is 4.39 Å². The van der Waals surface area contributed by atoms with Gasteiger partial charge in [0, 0.05) is 6.54 Å². The highest BCUT2D eigenvalue weighted by atomic mass is 19.1. The Hall–Kier alpha value is -0.930. The standard InChI is InChI=1S/C10H14FNO/c1-3-13-12-7-9-5-4-8(2)10(11)6-9/h4-6,12H,3,7H2,1-2H3. The fourth-order valence-corrected chi connectivity index (χ4v) is 0.983. The predicted molar refractivity (Wildman–Crippen MR) is 49.6 cm³/mol. The molecule has 0 aromatic heterocycles. The van der Waals surface area contributed by atoms with Crippen molar-refractivity contribution in [3.05, 3.63) is 35.1 Å². The summed E-state index contributed by atoms with van der Waals surface area (Å²) in [5, 5.41) is 0. The summed E-state index contributed by atoms with van der Waals surface area (Å²) in [6, 6.07) is 5.16. The van der Waals surface area contributed by atoms with Crippen LogP contribution in [0.15, 0.2) is 18.2 Å². The SMILES string of the molecule is CCONCc1ccc(C)c(F)c1. The van der Waals surface area contributed by atoms with Gasteiger partial charge in [-0.3, -0.25) is 0 Å². The molecule has 1 aromatic rings. The van der Waals surface area contributed by atoms with Crippen molar-refractivity contribution in [3.63, 3.8) is 0 Å². The van der Waals surface area contributed by atoms with Crippen molar-refractivity contribution in [2.24, 2.45) is 0 Å². The molecule has 0 amide bonds. The van der Waals surface area contributed by atoms with Gasteiger partial charge in [0.05, 0.1) is 6.61 Å². The maximum absolute atomic E-state index is 13.0. The van der Waals surface area contributed by atoms with Gasteiger partial charge in [0.25, 0.3) is 0 Å². The molecule has 0 radical (unpaired) electrons. The van der Waals surface area contributed by atoms with Crippen molar-refractivity contribution in [1.82, 2.24) is 5.48 Å². The lowest BCUT2D eigenvalue weighted by Crippen LogP contribution is -2.13. The Bertz CT molecular complexity index is 276. The van der Waals surface area contributed by atoms with E-state index in [1.54, 1.807) is 13.0 Å². The summed E-state index contributed by atoms with van der Waals surface area (Å²) in [6.07, 6.45) is 0. The van der Waals surface area contributed by atoms with Crippen LogP contribution in [0.1, 0.15) is 18.1 Å². The van der Waals surface area contributed by atoms with E-state index in [0.29, 0.717) is 18.7 Å². The molecule has 72 valence electrons. The Kier molecular flexibility index (Phi) is 3.86. The van der Waals surface area contributed by atoms with Crippen LogP contribution in [0.2, 0.25) is 0 Å². The molecule has 0 atom stereocenters. The molecule has 1 aromatic carbocycles. The molecule has 0 fully saturated rings. The molecule has 0 heterocycles. The van der Waals surface area contributed by atoms with Crippen molar-refractivity contribution in [2.45, 2.75) is 20.4 Å². The van der Waals surface area contributed by atoms with Crippen LogP contribution < -0.4 is 5.48 Å². The topological polar surface area (TPSA) is 21.3 Å². The maximum Gasteiger partial charge on any atom is 0.126 e. The summed E-state index contributed by atoms with van der Waals surface area (Å²) in [6.45, 7) is 4.77. The quantitative estimate of drug-likeness (QED) is 0.570. The predicted octanol–water partition coefficient (Wildman–Crippen LogP) is 2.18. The van der Waals surface area contributed by atoms with E-state index < -0.39 is 0 Å². The molecule has 0 aliphatic rings. The van der Waals surface area contributed by atoms with E-state index in [4.69, 9.17) is 4.84 Å². The van der Waals surface area contributed by atoms with E-state index in [2.05, 4.69) is 5.48 Å². The van der Waals surface area contributed by atoms with Crippen molar-refractivity contribution in [2.75, 3.05) is 6.61 Å². The fraction of sp³-hybridized carbons (Fsp3) is 0.400. The Morgan fingerprint density at radius 1 is 1.46 bits per heavy atom. The summed E-state index contributed by atoms with van der Waals surface area (Å²) in [5.41, 5.74) is 4.28. The zero-order valence-electron chi connectivity index (χ0n) is 7.93. The van der Waals surface area contributed by atoms with E-state index in [1.165, 1.54) is 6.07 Å². The molecule has 0 aliphatic heterocycles. The van der Waals surface area contributed by atoms with Gasteiger partial charge >= 0.3 is 0 Å². The van der Waals surface area contributed by atoms with Crippen LogP contribution in [0.25, 0.3) is 0 Å². The Labute approximate surface area is 77.7 Å². The first-order valence-electron chi connectivity index (χ1n) is 4.33. The number of nitrogens with one attached hydrogen (secondary N) is 1. The molecular weight excluding hydrogens is 169 g/mol. The number of benzene rings is 1. The van der Waals surface area contributed by atoms with Crippen LogP contribution >= 0.6 is 0 Å². The number of hydrogen-bond donors (Lipinski definition) is 1. The number of halogens is 1. The third kappa shape index (κ3) is 3.13. The number of hydroxylamine groups is 1. The number of rotatable bonds is 4. The lowest BCUT2D eigenvalue weighted by Gasteiger charge is -2.04. The molecule has 1 rings (SSSR count). The Morgan fingerprint density at radius 3 is 2.85 bits per heavy atom. The normalized spacial score (nSPS) is 10.4. The highest BCUT2D eigenvalue weighted by molar-refractivity contribution is 5.22. The molecule has 0 bridgehead atoms. The minimum Gasteiger partial charge on any atom is -0.302 e. The molecule has 0 unspecified atom stereocenters. The first kappa shape index (κ1) is 10.2. The Morgan fingerprint density at radius 2 is 2.23 bits per heavy atom. The minimum atomic E-state index is -0.171. The molecule has 0 saturated heterocycles. The second-order valence-electron chi connectivity index (χ2n) is 2.84. The number of hydrogen-bond acceptors (Lipinski definition) is 2. The fourth-order valence-electron chi connectivity index (χ4n) is 0.983. The van der Waals surface area contributed by atoms with E-state index in [9.17, 15) is 4.39 Å². The largest absolute Gasteiger partial charge is 0.302 e. The first-order valence-corrected chi connectivity index (χ1v) is 4.33. The molecule has 3 heteroatoms. The van der Waals surface area contributed by atoms with Crippen LogP contribution in [0.5, 0.6) is 0 Å². The highest BCUT2D eigenvalue weighted by Crippen LogP contribution is 2.08. The second-order valence-corrected chi connectivity index (χ2v) is 2.84. The van der Waals surface area contributed by atoms with E-state index in [1.807, 2.05) is 13.0 Å². The summed E-state index contributed by atoms with van der Waals surface area (Å²) >= 11 is 0. The van der Waals surface area contributed by atoms with Gasteiger partial charge < -0.3 is 4.84 Å². The maximum atomic E-state index is 13.0. The summed E-state index contributed by atoms with van der Waals surface area (Å²) < 4.78 is 13.0. The molecule has 0 spiro atoms. The second kappa shape index (κ2) is 4.94. The summed E-state index contributed by atoms with van der Waals surface area (Å²) in [7, 11) is 0. The average molecular weight is 183 g/mol. The molecule has 1 N–H and O–H groups in total. The third-order valence-electron chi connectivity index (χ3n) is 1.76. The highest BCUT2D eigenvalue weighted by Gasteiger charge is 1.98. The van der Waals surface area contributed by atoms with Gasteiger partial charge in [-0.05, 0) is 31.0 Å². The third-order valence-corrected chi connectivity index (χ3v) is 1.76. The van der Waals surface area contributed by atoms with Gasteiger partial charge in [0.15, 0.2) is 0 Å². The molecule has 13 heavy (non-hydrogen) atoms. The van der Waals surface area contributed by atoms with Gasteiger partial charge in [0.2, 0.25) is 0 Å². The van der Waals surface area contributed by atoms with Gasteiger partial charge in [-0.15, -0.1) is 0 Å². The van der Waals surface area contributed by atoms with Crippen molar-refractivity contribution in [1.29, 1.82) is 0 Å². The zero-order chi connectivity index (χ0) is 9.68. The minimum absolute atomic E-state index is 0.171. The average Bonchev–Trinajstić information content (AvgIpc) is 2.12. The lowest BCUT2D eigenvalue weighted by atomic mass is 10.1. The summed E-state index contributed by atoms with van der Waals surface area (Å²) in [5.74, 6) is -0.171. The van der Waals surface area contributed by atoms with Crippen LogP contribution in [0.4, 0.5) is 4.39 Å². The summed E-state index contributed by atoms with van der Waals surface area (Å²) in [4.78, 5) is 4.94.